The maximum absolute atomic E-state index is 12.3. The molecule has 19 heavy (non-hydrogen) atoms. The molecule has 8 heteroatoms. The van der Waals surface area contributed by atoms with Crippen LogP contribution < -0.4 is 16.0 Å². The van der Waals surface area contributed by atoms with Gasteiger partial charge in [0.05, 0.1) is 0 Å². The Morgan fingerprint density at radius 1 is 1.58 bits per heavy atom. The van der Waals surface area contributed by atoms with Crippen molar-refractivity contribution in [3.63, 3.8) is 0 Å². The first-order valence-electron chi connectivity index (χ1n) is 6.02. The summed E-state index contributed by atoms with van der Waals surface area (Å²) in [5, 5.41) is 0. The molecule has 0 bridgehead atoms. The third-order valence-corrected chi connectivity index (χ3v) is 6.10. The molecule has 1 aliphatic heterocycles. The standard InChI is InChI=1S/C11H18N4O2S2/c1-11(5-3-7-18-11)8-14-19(16,17)9-4-2-6-13-10(9)15-12/h2,4,6,14H,3,5,7-8,12H2,1H3,(H,13,15). The van der Waals surface area contributed by atoms with E-state index in [4.69, 9.17) is 5.84 Å². The molecule has 0 amide bonds. The van der Waals surface area contributed by atoms with E-state index in [0.29, 0.717) is 6.54 Å². The normalized spacial score (nSPS) is 23.5. The molecule has 0 aliphatic carbocycles. The van der Waals surface area contributed by atoms with E-state index in [1.807, 2.05) is 11.8 Å². The quantitative estimate of drug-likeness (QED) is 0.553. The number of hydrogen-bond donors (Lipinski definition) is 3. The number of thioether (sulfide) groups is 1. The van der Waals surface area contributed by atoms with Crippen molar-refractivity contribution >= 4 is 27.6 Å². The van der Waals surface area contributed by atoms with Crippen LogP contribution in [-0.2, 0) is 10.0 Å². The van der Waals surface area contributed by atoms with Crippen molar-refractivity contribution in [1.29, 1.82) is 0 Å². The monoisotopic (exact) mass is 302 g/mol. The van der Waals surface area contributed by atoms with E-state index < -0.39 is 10.0 Å². The molecule has 1 aliphatic rings. The number of aromatic nitrogens is 1. The number of nitrogens with two attached hydrogens (primary N) is 1. The average Bonchev–Trinajstić information content (AvgIpc) is 2.84. The van der Waals surface area contributed by atoms with E-state index in [1.165, 1.54) is 12.3 Å². The number of pyridine rings is 1. The summed E-state index contributed by atoms with van der Waals surface area (Å²) in [5.41, 5.74) is 2.30. The van der Waals surface area contributed by atoms with E-state index in [0.717, 1.165) is 18.6 Å². The lowest BCUT2D eigenvalue weighted by Gasteiger charge is -2.23. The fourth-order valence-electron chi connectivity index (χ4n) is 2.02. The Hall–Kier alpha value is -0.830. The van der Waals surface area contributed by atoms with Crippen LogP contribution in [0.2, 0.25) is 0 Å². The second-order valence-electron chi connectivity index (χ2n) is 4.72. The highest BCUT2D eigenvalue weighted by Gasteiger charge is 2.31. The van der Waals surface area contributed by atoms with Crippen LogP contribution in [0.25, 0.3) is 0 Å². The molecule has 1 fully saturated rings. The Kier molecular flexibility index (Phi) is 4.34. The van der Waals surface area contributed by atoms with Gasteiger partial charge in [0.2, 0.25) is 10.0 Å². The third-order valence-electron chi connectivity index (χ3n) is 3.13. The molecule has 1 aromatic rings. The zero-order chi connectivity index (χ0) is 13.9. The molecule has 0 radical (unpaired) electrons. The second-order valence-corrected chi connectivity index (χ2v) is 8.14. The summed E-state index contributed by atoms with van der Waals surface area (Å²) in [6, 6.07) is 3.05. The fourth-order valence-corrected chi connectivity index (χ4v) is 4.64. The van der Waals surface area contributed by atoms with Crippen LogP contribution >= 0.6 is 11.8 Å². The first-order valence-corrected chi connectivity index (χ1v) is 8.49. The van der Waals surface area contributed by atoms with Gasteiger partial charge < -0.3 is 5.43 Å². The molecule has 6 nitrogen and oxygen atoms in total. The van der Waals surface area contributed by atoms with Gasteiger partial charge >= 0.3 is 0 Å². The van der Waals surface area contributed by atoms with Crippen molar-refractivity contribution in [3.05, 3.63) is 18.3 Å². The molecule has 1 aromatic heterocycles. The molecule has 0 spiro atoms. The van der Waals surface area contributed by atoms with Gasteiger partial charge in [-0.15, -0.1) is 0 Å². The zero-order valence-electron chi connectivity index (χ0n) is 10.7. The highest BCUT2D eigenvalue weighted by atomic mass is 32.2. The smallest absolute Gasteiger partial charge is 0.244 e. The molecule has 1 saturated heterocycles. The maximum atomic E-state index is 12.3. The Morgan fingerprint density at radius 2 is 2.37 bits per heavy atom. The van der Waals surface area contributed by atoms with E-state index in [-0.39, 0.29) is 15.5 Å². The lowest BCUT2D eigenvalue weighted by Crippen LogP contribution is -2.37. The van der Waals surface area contributed by atoms with Crippen molar-refractivity contribution < 1.29 is 8.42 Å². The van der Waals surface area contributed by atoms with Crippen molar-refractivity contribution in [2.75, 3.05) is 17.7 Å². The van der Waals surface area contributed by atoms with Crippen LogP contribution in [0.4, 0.5) is 5.82 Å². The molecule has 1 atom stereocenters. The highest BCUT2D eigenvalue weighted by Crippen LogP contribution is 2.37. The minimum absolute atomic E-state index is 0.0222. The van der Waals surface area contributed by atoms with Gasteiger partial charge in [-0.05, 0) is 37.7 Å². The van der Waals surface area contributed by atoms with Gasteiger partial charge in [0, 0.05) is 17.5 Å². The second kappa shape index (κ2) is 5.66. The van der Waals surface area contributed by atoms with Gasteiger partial charge in [0.25, 0.3) is 0 Å². The molecule has 4 N–H and O–H groups in total. The van der Waals surface area contributed by atoms with Crippen LogP contribution in [0.3, 0.4) is 0 Å². The lowest BCUT2D eigenvalue weighted by molar-refractivity contribution is 0.552. The predicted molar refractivity (Wildman–Crippen MR) is 77.3 cm³/mol. The third kappa shape index (κ3) is 3.38. The summed E-state index contributed by atoms with van der Waals surface area (Å²) in [6.45, 7) is 2.50. The molecule has 106 valence electrons. The first-order chi connectivity index (χ1) is 8.97. The van der Waals surface area contributed by atoms with Crippen LogP contribution in [-0.4, -0.2) is 30.4 Å². The van der Waals surface area contributed by atoms with Crippen molar-refractivity contribution in [3.8, 4) is 0 Å². The number of anilines is 1. The van der Waals surface area contributed by atoms with Crippen LogP contribution in [0.1, 0.15) is 19.8 Å². The van der Waals surface area contributed by atoms with Gasteiger partial charge in [0.1, 0.15) is 4.90 Å². The van der Waals surface area contributed by atoms with Crippen molar-refractivity contribution in [2.45, 2.75) is 29.4 Å². The number of rotatable bonds is 5. The molecule has 2 heterocycles. The van der Waals surface area contributed by atoms with E-state index in [9.17, 15) is 8.42 Å². The molecule has 0 saturated carbocycles. The lowest BCUT2D eigenvalue weighted by atomic mass is 10.1. The number of nitrogens with one attached hydrogen (secondary N) is 2. The first kappa shape index (κ1) is 14.6. The largest absolute Gasteiger partial charge is 0.307 e. The summed E-state index contributed by atoms with van der Waals surface area (Å²) >= 11 is 1.81. The molecule has 2 rings (SSSR count). The molecule has 1 unspecified atom stereocenters. The summed E-state index contributed by atoms with van der Waals surface area (Å²) in [4.78, 5) is 3.97. The number of hydrogen-bond acceptors (Lipinski definition) is 6. The van der Waals surface area contributed by atoms with Gasteiger partial charge in [-0.25, -0.2) is 24.0 Å². The van der Waals surface area contributed by atoms with Gasteiger partial charge in [0.15, 0.2) is 5.82 Å². The highest BCUT2D eigenvalue weighted by molar-refractivity contribution is 8.01. The zero-order valence-corrected chi connectivity index (χ0v) is 12.4. The minimum Gasteiger partial charge on any atom is -0.307 e. The van der Waals surface area contributed by atoms with E-state index in [1.54, 1.807) is 6.07 Å². The van der Waals surface area contributed by atoms with Crippen LogP contribution in [0.5, 0.6) is 0 Å². The van der Waals surface area contributed by atoms with Crippen molar-refractivity contribution in [1.82, 2.24) is 9.71 Å². The summed E-state index contributed by atoms with van der Waals surface area (Å²) in [5.74, 6) is 6.52. The summed E-state index contributed by atoms with van der Waals surface area (Å²) in [7, 11) is -3.60. The van der Waals surface area contributed by atoms with Gasteiger partial charge in [-0.2, -0.15) is 11.8 Å². The SMILES string of the molecule is CC1(CNS(=O)(=O)c2cccnc2NN)CCCS1. The minimum atomic E-state index is -3.60. The molecular weight excluding hydrogens is 284 g/mol. The molecule has 0 aromatic carbocycles. The van der Waals surface area contributed by atoms with Gasteiger partial charge in [-0.3, -0.25) is 0 Å². The number of nitrogen functional groups attached to an aromatic ring is 1. The summed E-state index contributed by atoms with van der Waals surface area (Å²) in [6.07, 6.45) is 3.64. The Bertz CT molecular complexity index is 541. The van der Waals surface area contributed by atoms with E-state index >= 15 is 0 Å². The Morgan fingerprint density at radius 3 is 3.00 bits per heavy atom. The topological polar surface area (TPSA) is 97.1 Å². The maximum Gasteiger partial charge on any atom is 0.244 e. The predicted octanol–water partition coefficient (Wildman–Crippen LogP) is 0.931. The fraction of sp³-hybridized carbons (Fsp3) is 0.545. The van der Waals surface area contributed by atoms with Crippen LogP contribution in [0.15, 0.2) is 23.2 Å². The Labute approximate surface area is 117 Å². The number of nitrogens with zero attached hydrogens (tertiary/aromatic N) is 1. The number of sulfonamides is 1. The van der Waals surface area contributed by atoms with Gasteiger partial charge in [-0.1, -0.05) is 0 Å². The summed E-state index contributed by atoms with van der Waals surface area (Å²) < 4.78 is 27.1. The average molecular weight is 302 g/mol. The number of hydrazine groups is 1. The molecular formula is C11H18N4O2S2. The van der Waals surface area contributed by atoms with Crippen LogP contribution in [0, 0.1) is 0 Å². The van der Waals surface area contributed by atoms with Crippen molar-refractivity contribution in [2.24, 2.45) is 5.84 Å². The Balaban J connectivity index is 2.14. The van der Waals surface area contributed by atoms with E-state index in [2.05, 4.69) is 22.1 Å².